The van der Waals surface area contributed by atoms with Crippen LogP contribution in [0.1, 0.15) is 55.8 Å². The molecule has 1 aromatic rings. The number of amides is 2. The van der Waals surface area contributed by atoms with Gasteiger partial charge in [0, 0.05) is 24.2 Å². The van der Waals surface area contributed by atoms with E-state index in [4.69, 9.17) is 4.74 Å². The average Bonchev–Trinajstić information content (AvgIpc) is 3.51. The smallest absolute Gasteiger partial charge is 0.338 e. The van der Waals surface area contributed by atoms with E-state index in [-0.39, 0.29) is 30.4 Å². The lowest BCUT2D eigenvalue weighted by Crippen LogP contribution is -2.45. The van der Waals surface area contributed by atoms with E-state index in [1.807, 2.05) is 4.90 Å². The van der Waals surface area contributed by atoms with Crippen molar-refractivity contribution in [1.29, 1.82) is 0 Å². The molecule has 1 aromatic carbocycles. The lowest BCUT2D eigenvalue weighted by Gasteiger charge is -2.35. The molecule has 1 unspecified atom stereocenters. The van der Waals surface area contributed by atoms with Gasteiger partial charge in [-0.15, -0.1) is 0 Å². The summed E-state index contributed by atoms with van der Waals surface area (Å²) in [6.45, 7) is 2.56. The van der Waals surface area contributed by atoms with E-state index < -0.39 is 5.97 Å². The summed E-state index contributed by atoms with van der Waals surface area (Å²) in [4.78, 5) is 38.3. The predicted octanol–water partition coefficient (Wildman–Crippen LogP) is 2.98. The van der Waals surface area contributed by atoms with Gasteiger partial charge >= 0.3 is 5.97 Å². The lowest BCUT2D eigenvalue weighted by atomic mass is 10.00. The highest BCUT2D eigenvalue weighted by molar-refractivity contribution is 5.96. The molecular weight excluding hydrogens is 332 g/mol. The van der Waals surface area contributed by atoms with Crippen molar-refractivity contribution in [1.82, 2.24) is 4.90 Å². The fraction of sp³-hybridized carbons (Fsp3) is 0.550. The molecule has 26 heavy (non-hydrogen) atoms. The van der Waals surface area contributed by atoms with Gasteiger partial charge in [-0.25, -0.2) is 4.79 Å². The van der Waals surface area contributed by atoms with Crippen LogP contribution in [0.5, 0.6) is 0 Å². The van der Waals surface area contributed by atoms with Gasteiger partial charge in [0.05, 0.1) is 5.56 Å². The average molecular weight is 358 g/mol. The minimum Gasteiger partial charge on any atom is -0.452 e. The van der Waals surface area contributed by atoms with Gasteiger partial charge in [-0.1, -0.05) is 13.0 Å². The topological polar surface area (TPSA) is 75.7 Å². The number of ether oxygens (including phenoxy) is 1. The number of rotatable bonds is 6. The number of likely N-dealkylation sites (tertiary alicyclic amines) is 1. The summed E-state index contributed by atoms with van der Waals surface area (Å²) in [6, 6.07) is 6.88. The van der Waals surface area contributed by atoms with Crippen molar-refractivity contribution in [2.75, 3.05) is 18.5 Å². The summed E-state index contributed by atoms with van der Waals surface area (Å²) in [7, 11) is 0. The molecule has 1 aliphatic carbocycles. The Hall–Kier alpha value is -2.37. The number of piperidine rings is 1. The second-order valence-corrected chi connectivity index (χ2v) is 7.07. The van der Waals surface area contributed by atoms with Crippen LogP contribution in [0.4, 0.5) is 5.69 Å². The zero-order valence-electron chi connectivity index (χ0n) is 15.2. The highest BCUT2D eigenvalue weighted by Crippen LogP contribution is 2.30. The van der Waals surface area contributed by atoms with Gasteiger partial charge in [-0.05, 0) is 56.7 Å². The Morgan fingerprint density at radius 3 is 2.73 bits per heavy atom. The van der Waals surface area contributed by atoms with Crippen molar-refractivity contribution < 1.29 is 19.1 Å². The highest BCUT2D eigenvalue weighted by Gasteiger charge is 2.29. The molecule has 1 saturated carbocycles. The van der Waals surface area contributed by atoms with Crippen LogP contribution < -0.4 is 5.32 Å². The number of esters is 1. The number of carbonyl (C=O) groups is 3. The Morgan fingerprint density at radius 1 is 1.19 bits per heavy atom. The van der Waals surface area contributed by atoms with Crippen molar-refractivity contribution in [3.63, 3.8) is 0 Å². The third kappa shape index (κ3) is 4.62. The minimum absolute atomic E-state index is 0.0126. The molecular formula is C20H26N2O4. The summed E-state index contributed by atoms with van der Waals surface area (Å²) in [5.74, 6) is -0.602. The van der Waals surface area contributed by atoms with Crippen LogP contribution >= 0.6 is 0 Å². The Labute approximate surface area is 153 Å². The largest absolute Gasteiger partial charge is 0.452 e. The summed E-state index contributed by atoms with van der Waals surface area (Å²) < 4.78 is 5.21. The third-order valence-corrected chi connectivity index (χ3v) is 5.06. The quantitative estimate of drug-likeness (QED) is 0.793. The van der Waals surface area contributed by atoms with Gasteiger partial charge in [0.25, 0.3) is 5.91 Å². The van der Waals surface area contributed by atoms with Gasteiger partial charge in [-0.2, -0.15) is 0 Å². The van der Waals surface area contributed by atoms with Crippen molar-refractivity contribution in [2.24, 2.45) is 5.92 Å². The third-order valence-electron chi connectivity index (χ3n) is 5.06. The predicted molar refractivity (Wildman–Crippen MR) is 97.7 cm³/mol. The molecule has 1 saturated heterocycles. The standard InChI is InChI=1S/C20H26N2O4/c1-2-17-8-3-4-11-22(17)18(23)13-26-20(25)15-6-5-7-16(12-15)21-19(24)14-9-10-14/h5-7,12,14,17H,2-4,8-11,13H2,1H3,(H,21,24). The van der Waals surface area contributed by atoms with Crippen LogP contribution in [0.25, 0.3) is 0 Å². The second kappa shape index (κ2) is 8.34. The molecule has 2 amide bonds. The van der Waals surface area contributed by atoms with Crippen LogP contribution in [0.2, 0.25) is 0 Å². The molecule has 1 heterocycles. The maximum Gasteiger partial charge on any atom is 0.338 e. The molecule has 140 valence electrons. The van der Waals surface area contributed by atoms with Crippen LogP contribution in [-0.4, -0.2) is 41.9 Å². The number of anilines is 1. The SMILES string of the molecule is CCC1CCCCN1C(=O)COC(=O)c1cccc(NC(=O)C2CC2)c1. The number of nitrogens with zero attached hydrogens (tertiary/aromatic N) is 1. The van der Waals surface area contributed by atoms with Crippen molar-refractivity contribution >= 4 is 23.5 Å². The molecule has 2 aliphatic rings. The number of nitrogens with one attached hydrogen (secondary N) is 1. The molecule has 1 atom stereocenters. The van der Waals surface area contributed by atoms with Crippen LogP contribution in [0.3, 0.4) is 0 Å². The Morgan fingerprint density at radius 2 is 2.00 bits per heavy atom. The molecule has 0 bridgehead atoms. The van der Waals surface area contributed by atoms with Crippen LogP contribution in [-0.2, 0) is 14.3 Å². The number of hydrogen-bond acceptors (Lipinski definition) is 4. The van der Waals surface area contributed by atoms with Crippen LogP contribution in [0, 0.1) is 5.92 Å². The zero-order chi connectivity index (χ0) is 18.5. The molecule has 6 nitrogen and oxygen atoms in total. The molecule has 0 aromatic heterocycles. The maximum atomic E-state index is 12.4. The molecule has 1 N–H and O–H groups in total. The van der Waals surface area contributed by atoms with Gasteiger partial charge in [0.1, 0.15) is 0 Å². The number of benzene rings is 1. The summed E-state index contributed by atoms with van der Waals surface area (Å²) in [6.07, 6.45) is 5.91. The zero-order valence-corrected chi connectivity index (χ0v) is 15.2. The van der Waals surface area contributed by atoms with E-state index in [1.54, 1.807) is 24.3 Å². The molecule has 0 radical (unpaired) electrons. The maximum absolute atomic E-state index is 12.4. The van der Waals surface area contributed by atoms with E-state index in [0.717, 1.165) is 45.1 Å². The summed E-state index contributed by atoms with van der Waals surface area (Å²) >= 11 is 0. The molecule has 3 rings (SSSR count). The van der Waals surface area contributed by atoms with E-state index >= 15 is 0 Å². The van der Waals surface area contributed by atoms with Crippen LogP contribution in [0.15, 0.2) is 24.3 Å². The van der Waals surface area contributed by atoms with Crippen molar-refractivity contribution in [3.8, 4) is 0 Å². The first-order valence-corrected chi connectivity index (χ1v) is 9.46. The van der Waals surface area contributed by atoms with Gasteiger partial charge < -0.3 is 15.0 Å². The monoisotopic (exact) mass is 358 g/mol. The van der Waals surface area contributed by atoms with Crippen molar-refractivity contribution in [3.05, 3.63) is 29.8 Å². The van der Waals surface area contributed by atoms with E-state index in [9.17, 15) is 14.4 Å². The lowest BCUT2D eigenvalue weighted by molar-refractivity contribution is -0.138. The van der Waals surface area contributed by atoms with Crippen molar-refractivity contribution in [2.45, 2.75) is 51.5 Å². The molecule has 1 aliphatic heterocycles. The van der Waals surface area contributed by atoms with E-state index in [1.165, 1.54) is 0 Å². The first-order valence-electron chi connectivity index (χ1n) is 9.46. The van der Waals surface area contributed by atoms with Gasteiger partial charge in [-0.3, -0.25) is 9.59 Å². The summed E-state index contributed by atoms with van der Waals surface area (Å²) in [5.41, 5.74) is 0.904. The molecule has 0 spiro atoms. The Balaban J connectivity index is 1.54. The Kier molecular flexibility index (Phi) is 5.91. The number of carbonyl (C=O) groups excluding carboxylic acids is 3. The first kappa shape index (κ1) is 18.4. The van der Waals surface area contributed by atoms with E-state index in [0.29, 0.717) is 11.3 Å². The molecule has 6 heteroatoms. The highest BCUT2D eigenvalue weighted by atomic mass is 16.5. The fourth-order valence-corrected chi connectivity index (χ4v) is 3.36. The van der Waals surface area contributed by atoms with E-state index in [2.05, 4.69) is 12.2 Å². The van der Waals surface area contributed by atoms with Gasteiger partial charge in [0.15, 0.2) is 6.61 Å². The fourth-order valence-electron chi connectivity index (χ4n) is 3.36. The van der Waals surface area contributed by atoms with Gasteiger partial charge in [0.2, 0.25) is 5.91 Å². The summed E-state index contributed by atoms with van der Waals surface area (Å²) in [5, 5.41) is 2.81. The molecule has 2 fully saturated rings. The second-order valence-electron chi connectivity index (χ2n) is 7.07. The Bertz CT molecular complexity index is 684. The number of hydrogen-bond donors (Lipinski definition) is 1. The minimum atomic E-state index is -0.550. The first-order chi connectivity index (χ1) is 12.6. The normalized spacial score (nSPS) is 19.7.